The average molecular weight is 470 g/mol. The predicted molar refractivity (Wildman–Crippen MR) is 112 cm³/mol. The maximum absolute atomic E-state index is 13.1. The van der Waals surface area contributed by atoms with E-state index in [1.165, 1.54) is 40.7 Å². The van der Waals surface area contributed by atoms with Crippen molar-refractivity contribution in [2.75, 3.05) is 18.4 Å². The van der Waals surface area contributed by atoms with Crippen molar-refractivity contribution in [1.29, 1.82) is 0 Å². The molecule has 1 amide bonds. The molecule has 4 rings (SSSR count). The van der Waals surface area contributed by atoms with Gasteiger partial charge in [0.2, 0.25) is 10.0 Å². The van der Waals surface area contributed by atoms with Gasteiger partial charge in [-0.3, -0.25) is 10.1 Å². The Bertz CT molecular complexity index is 1220. The van der Waals surface area contributed by atoms with Gasteiger partial charge in [-0.1, -0.05) is 23.8 Å². The number of anilines is 1. The fraction of sp³-hybridized carbons (Fsp3) is 0.300. The topological polar surface area (TPSA) is 79.4 Å². The average Bonchev–Trinajstić information content (AvgIpc) is 3.16. The Kier molecular flexibility index (Phi) is 5.75. The van der Waals surface area contributed by atoms with Crippen LogP contribution in [0.3, 0.4) is 0 Å². The van der Waals surface area contributed by atoms with Gasteiger partial charge in [-0.15, -0.1) is 0 Å². The minimum Gasteiger partial charge on any atom is -0.298 e. The molecule has 0 unspecified atom stereocenters. The molecule has 11 heteroatoms. The molecule has 0 bridgehead atoms. The van der Waals surface area contributed by atoms with Crippen LogP contribution in [-0.2, 0) is 16.2 Å². The van der Waals surface area contributed by atoms with Crippen LogP contribution in [0.2, 0.25) is 0 Å². The standard InChI is InChI=1S/C20H18F3N3O3S2/c21-20(22,23)15-5-4-6-16-17(15)24-19(30-16)25-18(27)13-7-9-14(10-8-13)31(28,29)26-11-2-1-3-12-26/h4-10H,1-3,11-12H2,(H,24,25,27). The second kappa shape index (κ2) is 8.21. The molecule has 2 heterocycles. The number of carbonyl (C=O) groups excluding carboxylic acids is 1. The van der Waals surface area contributed by atoms with E-state index in [1.54, 1.807) is 0 Å². The van der Waals surface area contributed by atoms with Crippen molar-refractivity contribution in [3.63, 3.8) is 0 Å². The first-order valence-corrected chi connectivity index (χ1v) is 11.8. The molecule has 1 saturated heterocycles. The summed E-state index contributed by atoms with van der Waals surface area (Å²) in [6.07, 6.45) is -1.91. The van der Waals surface area contributed by atoms with Crippen LogP contribution >= 0.6 is 11.3 Å². The van der Waals surface area contributed by atoms with Crippen LogP contribution in [0.25, 0.3) is 10.2 Å². The molecular weight excluding hydrogens is 451 g/mol. The molecule has 1 aliphatic heterocycles. The van der Waals surface area contributed by atoms with Gasteiger partial charge in [-0.05, 0) is 49.2 Å². The largest absolute Gasteiger partial charge is 0.418 e. The van der Waals surface area contributed by atoms with Crippen molar-refractivity contribution < 1.29 is 26.4 Å². The summed E-state index contributed by atoms with van der Waals surface area (Å²) in [5, 5.41) is 2.52. The lowest BCUT2D eigenvalue weighted by atomic mass is 10.2. The number of benzene rings is 2. The number of amides is 1. The van der Waals surface area contributed by atoms with E-state index < -0.39 is 27.7 Å². The van der Waals surface area contributed by atoms with Gasteiger partial charge in [-0.2, -0.15) is 17.5 Å². The molecule has 0 atom stereocenters. The van der Waals surface area contributed by atoms with Crippen LogP contribution in [0.5, 0.6) is 0 Å². The lowest BCUT2D eigenvalue weighted by Gasteiger charge is -2.25. The number of fused-ring (bicyclic) bond motifs is 1. The molecule has 3 aromatic rings. The highest BCUT2D eigenvalue weighted by Crippen LogP contribution is 2.37. The summed E-state index contributed by atoms with van der Waals surface area (Å²) in [7, 11) is -3.61. The second-order valence-corrected chi connectivity index (χ2v) is 10.1. The summed E-state index contributed by atoms with van der Waals surface area (Å²) in [6, 6.07) is 9.20. The summed E-state index contributed by atoms with van der Waals surface area (Å²) in [5.41, 5.74) is -0.916. The van der Waals surface area contributed by atoms with Crippen LogP contribution in [0, 0.1) is 0 Å². The number of aromatic nitrogens is 1. The number of nitrogens with zero attached hydrogens (tertiary/aromatic N) is 2. The summed E-state index contributed by atoms with van der Waals surface area (Å²) < 4.78 is 66.6. The third kappa shape index (κ3) is 4.43. The first kappa shape index (κ1) is 21.7. The molecule has 0 saturated carbocycles. The minimum absolute atomic E-state index is 0.0294. The maximum atomic E-state index is 13.1. The number of carbonyl (C=O) groups is 1. The van der Waals surface area contributed by atoms with Gasteiger partial charge in [-0.25, -0.2) is 13.4 Å². The molecule has 1 fully saturated rings. The van der Waals surface area contributed by atoms with Gasteiger partial charge in [0.15, 0.2) is 5.13 Å². The highest BCUT2D eigenvalue weighted by atomic mass is 32.2. The number of hydrogen-bond acceptors (Lipinski definition) is 5. The van der Waals surface area contributed by atoms with E-state index in [0.29, 0.717) is 17.8 Å². The Morgan fingerprint density at radius 2 is 1.71 bits per heavy atom. The van der Waals surface area contributed by atoms with E-state index in [9.17, 15) is 26.4 Å². The Labute approximate surface area is 180 Å². The van der Waals surface area contributed by atoms with Gasteiger partial charge in [0.05, 0.1) is 20.7 Å². The third-order valence-electron chi connectivity index (χ3n) is 5.01. The molecule has 0 radical (unpaired) electrons. The minimum atomic E-state index is -4.55. The molecule has 164 valence electrons. The molecular formula is C20H18F3N3O3S2. The van der Waals surface area contributed by atoms with Crippen molar-refractivity contribution in [3.05, 3.63) is 53.6 Å². The SMILES string of the molecule is O=C(Nc1nc2c(C(F)(F)F)cccc2s1)c1ccc(S(=O)(=O)N2CCCCC2)cc1. The Morgan fingerprint density at radius 1 is 1.03 bits per heavy atom. The molecule has 0 aliphatic carbocycles. The van der Waals surface area contributed by atoms with E-state index in [2.05, 4.69) is 10.3 Å². The highest BCUT2D eigenvalue weighted by molar-refractivity contribution is 7.89. The fourth-order valence-corrected chi connectivity index (χ4v) is 5.84. The van der Waals surface area contributed by atoms with Crippen molar-refractivity contribution in [1.82, 2.24) is 9.29 Å². The van der Waals surface area contributed by atoms with E-state index in [4.69, 9.17) is 0 Å². The van der Waals surface area contributed by atoms with Gasteiger partial charge in [0.25, 0.3) is 5.91 Å². The number of halogens is 3. The van der Waals surface area contributed by atoms with Crippen molar-refractivity contribution in [3.8, 4) is 0 Å². The van der Waals surface area contributed by atoms with Gasteiger partial charge in [0.1, 0.15) is 0 Å². The summed E-state index contributed by atoms with van der Waals surface area (Å²) in [5.74, 6) is -0.588. The first-order valence-electron chi connectivity index (χ1n) is 9.54. The van der Waals surface area contributed by atoms with Crippen molar-refractivity contribution >= 4 is 42.6 Å². The Balaban J connectivity index is 1.53. The number of sulfonamides is 1. The normalized spacial score (nSPS) is 15.8. The van der Waals surface area contributed by atoms with Crippen LogP contribution in [-0.4, -0.2) is 36.7 Å². The van der Waals surface area contributed by atoms with Gasteiger partial charge >= 0.3 is 6.18 Å². The lowest BCUT2D eigenvalue weighted by Crippen LogP contribution is -2.35. The van der Waals surface area contributed by atoms with E-state index in [1.807, 2.05) is 0 Å². The quantitative estimate of drug-likeness (QED) is 0.599. The van der Waals surface area contributed by atoms with Gasteiger partial charge < -0.3 is 0 Å². The van der Waals surface area contributed by atoms with Crippen LogP contribution in [0.15, 0.2) is 47.4 Å². The number of para-hydroxylation sites is 1. The number of nitrogens with one attached hydrogen (secondary N) is 1. The zero-order valence-electron chi connectivity index (χ0n) is 16.1. The smallest absolute Gasteiger partial charge is 0.298 e. The summed E-state index contributed by atoms with van der Waals surface area (Å²) in [4.78, 5) is 16.5. The number of thiazole rings is 1. The molecule has 1 aliphatic rings. The second-order valence-electron chi connectivity index (χ2n) is 7.11. The maximum Gasteiger partial charge on any atom is 0.418 e. The van der Waals surface area contributed by atoms with Crippen molar-refractivity contribution in [2.24, 2.45) is 0 Å². The van der Waals surface area contributed by atoms with Crippen LogP contribution in [0.4, 0.5) is 18.3 Å². The molecule has 6 nitrogen and oxygen atoms in total. The molecule has 31 heavy (non-hydrogen) atoms. The molecule has 2 aromatic carbocycles. The summed E-state index contributed by atoms with van der Waals surface area (Å²) >= 11 is 0.931. The monoisotopic (exact) mass is 469 g/mol. The number of rotatable bonds is 4. The van der Waals surface area contributed by atoms with E-state index in [0.717, 1.165) is 36.7 Å². The van der Waals surface area contributed by atoms with Crippen LogP contribution in [0.1, 0.15) is 35.2 Å². The fourth-order valence-electron chi connectivity index (χ4n) is 3.43. The lowest BCUT2D eigenvalue weighted by molar-refractivity contribution is -0.136. The van der Waals surface area contributed by atoms with E-state index >= 15 is 0 Å². The van der Waals surface area contributed by atoms with Gasteiger partial charge in [0, 0.05) is 18.7 Å². The number of alkyl halides is 3. The third-order valence-corrected chi connectivity index (χ3v) is 7.86. The molecule has 1 N–H and O–H groups in total. The number of hydrogen-bond donors (Lipinski definition) is 1. The summed E-state index contributed by atoms with van der Waals surface area (Å²) in [6.45, 7) is 0.949. The molecule has 1 aromatic heterocycles. The van der Waals surface area contributed by atoms with E-state index in [-0.39, 0.29) is 21.1 Å². The Morgan fingerprint density at radius 3 is 2.35 bits per heavy atom. The zero-order valence-corrected chi connectivity index (χ0v) is 17.8. The Hall–Kier alpha value is -2.50. The number of piperidine rings is 1. The first-order chi connectivity index (χ1) is 14.7. The predicted octanol–water partition coefficient (Wildman–Crippen LogP) is 4.74. The highest BCUT2D eigenvalue weighted by Gasteiger charge is 2.34. The zero-order chi connectivity index (χ0) is 22.2. The van der Waals surface area contributed by atoms with Crippen molar-refractivity contribution in [2.45, 2.75) is 30.3 Å². The van der Waals surface area contributed by atoms with Crippen LogP contribution < -0.4 is 5.32 Å². The molecule has 0 spiro atoms.